The van der Waals surface area contributed by atoms with Crippen molar-refractivity contribution in [2.24, 2.45) is 0 Å². The van der Waals surface area contributed by atoms with E-state index in [4.69, 9.17) is 0 Å². The summed E-state index contributed by atoms with van der Waals surface area (Å²) in [4.78, 5) is 22.4. The maximum Gasteiger partial charge on any atom is 0.338 e. The van der Waals surface area contributed by atoms with Gasteiger partial charge in [-0.25, -0.2) is 9.59 Å². The molecule has 0 spiro atoms. The highest BCUT2D eigenvalue weighted by atomic mass is 35.5. The molecular weight excluding hydrogens is 234 g/mol. The molecule has 90 valence electrons. The zero-order chi connectivity index (χ0) is 10.6. The Kier molecular flexibility index (Phi) is 8.07. The number of esters is 2. The Balaban J connectivity index is 0. The van der Waals surface area contributed by atoms with Gasteiger partial charge in [0.05, 0.1) is 25.3 Å². The zero-order valence-corrected chi connectivity index (χ0v) is 9.87. The Morgan fingerprint density at radius 3 is 1.50 bits per heavy atom. The van der Waals surface area contributed by atoms with Crippen LogP contribution in [0.2, 0.25) is 0 Å². The maximum absolute atomic E-state index is 11.2. The van der Waals surface area contributed by atoms with E-state index in [1.54, 1.807) is 12.1 Å². The molecule has 0 aliphatic carbocycles. The first kappa shape index (κ1) is 16.8. The third-order valence-corrected chi connectivity index (χ3v) is 1.74. The average Bonchev–Trinajstić information content (AvgIpc) is 2.27. The van der Waals surface area contributed by atoms with Gasteiger partial charge in [0.1, 0.15) is 0 Å². The van der Waals surface area contributed by atoms with E-state index < -0.39 is 11.9 Å². The quantitative estimate of drug-likeness (QED) is 0.806. The van der Waals surface area contributed by atoms with Gasteiger partial charge >= 0.3 is 11.9 Å². The second-order valence-electron chi connectivity index (χ2n) is 2.53. The second-order valence-corrected chi connectivity index (χ2v) is 2.53. The van der Waals surface area contributed by atoms with Gasteiger partial charge in [-0.05, 0) is 12.1 Å². The summed E-state index contributed by atoms with van der Waals surface area (Å²) < 4.78 is 9.05. The van der Waals surface area contributed by atoms with Gasteiger partial charge in [-0.1, -0.05) is 12.1 Å². The van der Waals surface area contributed by atoms with Crippen LogP contribution in [0.5, 0.6) is 0 Å². The summed E-state index contributed by atoms with van der Waals surface area (Å²) in [5.74, 6) is -1.10. The highest BCUT2D eigenvalue weighted by molar-refractivity contribution is 6.02. The van der Waals surface area contributed by atoms with Gasteiger partial charge in [-0.2, -0.15) is 0 Å². The molecule has 0 saturated carbocycles. The highest BCUT2D eigenvalue weighted by Crippen LogP contribution is 2.10. The lowest BCUT2D eigenvalue weighted by Gasteiger charge is -2.04. The lowest BCUT2D eigenvalue weighted by atomic mass is 10.1. The van der Waals surface area contributed by atoms with Crippen molar-refractivity contribution < 1.29 is 19.1 Å². The third kappa shape index (κ3) is 3.52. The van der Waals surface area contributed by atoms with E-state index in [0.29, 0.717) is 0 Å². The fourth-order valence-corrected chi connectivity index (χ4v) is 1.06. The Labute approximate surface area is 99.7 Å². The number of carbonyl (C=O) groups is 2. The fraction of sp³-hybridized carbons (Fsp3) is 0.200. The molecule has 0 saturated heterocycles. The minimum atomic E-state index is -0.550. The summed E-state index contributed by atoms with van der Waals surface area (Å²) in [5.41, 5.74) is 0.420. The molecule has 5 nitrogen and oxygen atoms in total. The van der Waals surface area contributed by atoms with Gasteiger partial charge in [-0.15, -0.1) is 12.4 Å². The molecule has 0 atom stereocenters. The molecule has 0 radical (unpaired) electrons. The molecule has 0 fully saturated rings. The van der Waals surface area contributed by atoms with Gasteiger partial charge in [0.15, 0.2) is 0 Å². The summed E-state index contributed by atoms with van der Waals surface area (Å²) in [7, 11) is 2.52. The molecule has 6 heteroatoms. The standard InChI is InChI=1S/C10H10O4.ClH.H3N/c1-13-9(11)7-5-3-4-6-8(7)10(12)14-2;;/h3-6H,1-2H3;1H;1H3. The summed E-state index contributed by atoms with van der Waals surface area (Å²) >= 11 is 0. The highest BCUT2D eigenvalue weighted by Gasteiger charge is 2.16. The van der Waals surface area contributed by atoms with Crippen LogP contribution in [0.15, 0.2) is 24.3 Å². The van der Waals surface area contributed by atoms with E-state index in [9.17, 15) is 9.59 Å². The smallest absolute Gasteiger partial charge is 0.338 e. The van der Waals surface area contributed by atoms with Crippen molar-refractivity contribution in [3.8, 4) is 0 Å². The van der Waals surface area contributed by atoms with Gasteiger partial charge in [0.25, 0.3) is 0 Å². The monoisotopic (exact) mass is 247 g/mol. The predicted octanol–water partition coefficient (Wildman–Crippen LogP) is 1.84. The molecule has 0 amide bonds. The number of hydrogen-bond donors (Lipinski definition) is 1. The van der Waals surface area contributed by atoms with Crippen LogP contribution in [0.4, 0.5) is 0 Å². The van der Waals surface area contributed by atoms with E-state index >= 15 is 0 Å². The first-order chi connectivity index (χ1) is 6.70. The van der Waals surface area contributed by atoms with E-state index in [2.05, 4.69) is 9.47 Å². The van der Waals surface area contributed by atoms with E-state index in [-0.39, 0.29) is 29.7 Å². The van der Waals surface area contributed by atoms with E-state index in [1.807, 2.05) is 0 Å². The van der Waals surface area contributed by atoms with Crippen LogP contribution in [0, 0.1) is 0 Å². The summed E-state index contributed by atoms with van der Waals surface area (Å²) in [6.07, 6.45) is 0. The lowest BCUT2D eigenvalue weighted by molar-refractivity contribution is 0.0555. The van der Waals surface area contributed by atoms with Crippen LogP contribution in [0.1, 0.15) is 20.7 Å². The molecule has 0 bridgehead atoms. The third-order valence-electron chi connectivity index (χ3n) is 1.74. The van der Waals surface area contributed by atoms with Crippen LogP contribution in [0.25, 0.3) is 0 Å². The van der Waals surface area contributed by atoms with E-state index in [1.165, 1.54) is 26.4 Å². The van der Waals surface area contributed by atoms with Crippen molar-refractivity contribution in [1.82, 2.24) is 6.15 Å². The molecule has 16 heavy (non-hydrogen) atoms. The van der Waals surface area contributed by atoms with Crippen molar-refractivity contribution in [1.29, 1.82) is 0 Å². The zero-order valence-electron chi connectivity index (χ0n) is 9.06. The Morgan fingerprint density at radius 2 is 1.25 bits per heavy atom. The first-order valence-electron chi connectivity index (χ1n) is 3.96. The average molecular weight is 248 g/mol. The van der Waals surface area contributed by atoms with Crippen molar-refractivity contribution in [3.05, 3.63) is 35.4 Å². The number of methoxy groups -OCH3 is 2. The topological polar surface area (TPSA) is 87.6 Å². The van der Waals surface area contributed by atoms with E-state index in [0.717, 1.165) is 0 Å². The Morgan fingerprint density at radius 1 is 0.938 bits per heavy atom. The minimum absolute atomic E-state index is 0. The normalized spacial score (nSPS) is 8.12. The number of carbonyl (C=O) groups excluding carboxylic acids is 2. The van der Waals surface area contributed by atoms with Crippen molar-refractivity contribution in [2.75, 3.05) is 14.2 Å². The summed E-state index contributed by atoms with van der Waals surface area (Å²) in [6, 6.07) is 6.33. The van der Waals surface area contributed by atoms with Crippen LogP contribution >= 0.6 is 12.4 Å². The van der Waals surface area contributed by atoms with Crippen LogP contribution in [-0.4, -0.2) is 26.2 Å². The Hall–Kier alpha value is -1.59. The number of benzene rings is 1. The SMILES string of the molecule is COC(=O)c1ccccc1C(=O)OC.Cl.N. The minimum Gasteiger partial charge on any atom is -0.465 e. The first-order valence-corrected chi connectivity index (χ1v) is 3.96. The molecule has 0 aliphatic rings. The van der Waals surface area contributed by atoms with Gasteiger partial charge in [0.2, 0.25) is 0 Å². The number of halogens is 1. The number of ether oxygens (including phenoxy) is 2. The Bertz CT molecular complexity index is 333. The number of hydrogen-bond acceptors (Lipinski definition) is 5. The molecule has 0 aliphatic heterocycles. The summed E-state index contributed by atoms with van der Waals surface area (Å²) in [6.45, 7) is 0. The van der Waals surface area contributed by atoms with Gasteiger partial charge < -0.3 is 15.6 Å². The van der Waals surface area contributed by atoms with Gasteiger partial charge in [0, 0.05) is 0 Å². The largest absolute Gasteiger partial charge is 0.465 e. The van der Waals surface area contributed by atoms with Crippen molar-refractivity contribution in [3.63, 3.8) is 0 Å². The molecule has 1 rings (SSSR count). The fourth-order valence-electron chi connectivity index (χ4n) is 1.06. The molecule has 0 unspecified atom stereocenters. The molecular formula is C10H14ClNO4. The van der Waals surface area contributed by atoms with Crippen LogP contribution in [-0.2, 0) is 9.47 Å². The summed E-state index contributed by atoms with van der Waals surface area (Å²) in [5, 5.41) is 0. The maximum atomic E-state index is 11.2. The van der Waals surface area contributed by atoms with Gasteiger partial charge in [-0.3, -0.25) is 0 Å². The number of rotatable bonds is 2. The van der Waals surface area contributed by atoms with Crippen LogP contribution in [0.3, 0.4) is 0 Å². The molecule has 1 aromatic carbocycles. The van der Waals surface area contributed by atoms with Crippen molar-refractivity contribution >= 4 is 24.3 Å². The molecule has 1 aromatic rings. The molecule has 0 aromatic heterocycles. The predicted molar refractivity (Wildman–Crippen MR) is 61.4 cm³/mol. The second kappa shape index (κ2) is 7.67. The van der Waals surface area contributed by atoms with Crippen LogP contribution < -0.4 is 6.15 Å². The molecule has 3 N–H and O–H groups in total. The van der Waals surface area contributed by atoms with Crippen molar-refractivity contribution in [2.45, 2.75) is 0 Å². The molecule has 0 heterocycles. The lowest BCUT2D eigenvalue weighted by Crippen LogP contribution is -2.11.